The molecule has 0 aliphatic carbocycles. The molecular weight excluding hydrogens is 369 g/mol. The van der Waals surface area contributed by atoms with E-state index in [1.54, 1.807) is 18.2 Å². The molecule has 2 aliphatic heterocycles. The first-order valence-electron chi connectivity index (χ1n) is 10.1. The van der Waals surface area contributed by atoms with Gasteiger partial charge in [0, 0.05) is 6.54 Å². The SMILES string of the molecule is C=CCOC1CC[C@H](C(=O)N2CCc3ccccc3[C@@H]2c2ccc(F)cc2)OC1. The van der Waals surface area contributed by atoms with Crippen molar-refractivity contribution in [3.63, 3.8) is 0 Å². The summed E-state index contributed by atoms with van der Waals surface area (Å²) in [5.41, 5.74) is 3.24. The van der Waals surface area contributed by atoms with Crippen LogP contribution in [-0.2, 0) is 20.7 Å². The topological polar surface area (TPSA) is 38.8 Å². The van der Waals surface area contributed by atoms with Crippen LogP contribution in [-0.4, -0.2) is 42.8 Å². The highest BCUT2D eigenvalue weighted by molar-refractivity contribution is 5.82. The third kappa shape index (κ3) is 4.26. The summed E-state index contributed by atoms with van der Waals surface area (Å²) in [4.78, 5) is 15.3. The molecule has 1 fully saturated rings. The van der Waals surface area contributed by atoms with Gasteiger partial charge in [-0.15, -0.1) is 6.58 Å². The molecule has 1 saturated heterocycles. The van der Waals surface area contributed by atoms with Gasteiger partial charge in [0.2, 0.25) is 0 Å². The smallest absolute Gasteiger partial charge is 0.252 e. The van der Waals surface area contributed by atoms with Crippen LogP contribution in [0.4, 0.5) is 4.39 Å². The Labute approximate surface area is 170 Å². The lowest BCUT2D eigenvalue weighted by Crippen LogP contribution is -2.48. The van der Waals surface area contributed by atoms with E-state index in [1.807, 2.05) is 17.0 Å². The molecular formula is C24H26FNO3. The van der Waals surface area contributed by atoms with Gasteiger partial charge < -0.3 is 14.4 Å². The quantitative estimate of drug-likeness (QED) is 0.717. The number of rotatable bonds is 5. The summed E-state index contributed by atoms with van der Waals surface area (Å²) in [5.74, 6) is -0.284. The van der Waals surface area contributed by atoms with E-state index in [1.165, 1.54) is 17.7 Å². The fraction of sp³-hybridized carbons (Fsp3) is 0.375. The number of fused-ring (bicyclic) bond motifs is 1. The summed E-state index contributed by atoms with van der Waals surface area (Å²) < 4.78 is 25.0. The number of hydrogen-bond donors (Lipinski definition) is 0. The average Bonchev–Trinajstić information content (AvgIpc) is 2.77. The van der Waals surface area contributed by atoms with Crippen LogP contribution in [0.1, 0.15) is 35.6 Å². The lowest BCUT2D eigenvalue weighted by atomic mass is 9.87. The first-order valence-corrected chi connectivity index (χ1v) is 10.1. The van der Waals surface area contributed by atoms with Crippen LogP contribution < -0.4 is 0 Å². The molecule has 2 aliphatic rings. The highest BCUT2D eigenvalue weighted by Crippen LogP contribution is 2.36. The molecule has 0 bridgehead atoms. The van der Waals surface area contributed by atoms with Gasteiger partial charge in [0.25, 0.3) is 5.91 Å². The molecule has 0 spiro atoms. The van der Waals surface area contributed by atoms with Crippen molar-refractivity contribution in [1.82, 2.24) is 4.90 Å². The van der Waals surface area contributed by atoms with E-state index in [0.717, 1.165) is 24.0 Å². The molecule has 1 amide bonds. The molecule has 2 aromatic carbocycles. The minimum Gasteiger partial charge on any atom is -0.372 e. The summed E-state index contributed by atoms with van der Waals surface area (Å²) in [6.07, 6.45) is 3.48. The number of amides is 1. The normalized spacial score (nSPS) is 24.0. The largest absolute Gasteiger partial charge is 0.372 e. The van der Waals surface area contributed by atoms with Gasteiger partial charge in [-0.05, 0) is 48.1 Å². The Morgan fingerprint density at radius 3 is 2.72 bits per heavy atom. The van der Waals surface area contributed by atoms with Gasteiger partial charge in [0.1, 0.15) is 11.9 Å². The summed E-state index contributed by atoms with van der Waals surface area (Å²) in [7, 11) is 0. The van der Waals surface area contributed by atoms with Crippen molar-refractivity contribution in [2.24, 2.45) is 0 Å². The molecule has 2 aromatic rings. The standard InChI is InChI=1S/C24H26FNO3/c1-2-15-28-20-11-12-22(29-16-20)24(27)26-14-13-17-5-3-4-6-21(17)23(26)18-7-9-19(25)10-8-18/h2-10,20,22-23H,1,11-16H2/t20?,22-,23+/m1/s1. The molecule has 0 N–H and O–H groups in total. The molecule has 0 aromatic heterocycles. The van der Waals surface area contributed by atoms with Crippen LogP contribution in [0, 0.1) is 5.82 Å². The number of carbonyl (C=O) groups is 1. The molecule has 4 rings (SSSR count). The zero-order valence-electron chi connectivity index (χ0n) is 16.4. The highest BCUT2D eigenvalue weighted by atomic mass is 19.1. The molecule has 4 nitrogen and oxygen atoms in total. The predicted molar refractivity (Wildman–Crippen MR) is 109 cm³/mol. The van der Waals surface area contributed by atoms with Crippen LogP contribution in [0.5, 0.6) is 0 Å². The number of halogens is 1. The third-order valence-corrected chi connectivity index (χ3v) is 5.71. The van der Waals surface area contributed by atoms with Crippen LogP contribution in [0.25, 0.3) is 0 Å². The zero-order chi connectivity index (χ0) is 20.2. The van der Waals surface area contributed by atoms with Crippen molar-refractivity contribution < 1.29 is 18.7 Å². The lowest BCUT2D eigenvalue weighted by Gasteiger charge is -2.40. The summed E-state index contributed by atoms with van der Waals surface area (Å²) in [6.45, 7) is 5.18. The second-order valence-corrected chi connectivity index (χ2v) is 7.58. The van der Waals surface area contributed by atoms with Crippen molar-refractivity contribution in [2.45, 2.75) is 37.5 Å². The Balaban J connectivity index is 1.56. The van der Waals surface area contributed by atoms with Gasteiger partial charge in [-0.25, -0.2) is 4.39 Å². The maximum Gasteiger partial charge on any atom is 0.252 e. The van der Waals surface area contributed by atoms with Crippen LogP contribution in [0.15, 0.2) is 61.2 Å². The first-order chi connectivity index (χ1) is 14.2. The van der Waals surface area contributed by atoms with Gasteiger partial charge in [-0.1, -0.05) is 42.5 Å². The lowest BCUT2D eigenvalue weighted by molar-refractivity contribution is -0.155. The Morgan fingerprint density at radius 1 is 1.21 bits per heavy atom. The van der Waals surface area contributed by atoms with Gasteiger partial charge in [0.05, 0.1) is 25.4 Å². The molecule has 29 heavy (non-hydrogen) atoms. The fourth-order valence-electron chi connectivity index (χ4n) is 4.25. The van der Waals surface area contributed by atoms with E-state index in [0.29, 0.717) is 26.2 Å². The molecule has 0 saturated carbocycles. The maximum absolute atomic E-state index is 13.5. The van der Waals surface area contributed by atoms with E-state index in [2.05, 4.69) is 18.7 Å². The molecule has 2 heterocycles. The highest BCUT2D eigenvalue weighted by Gasteiger charge is 2.37. The molecule has 0 radical (unpaired) electrons. The third-order valence-electron chi connectivity index (χ3n) is 5.71. The van der Waals surface area contributed by atoms with Crippen molar-refractivity contribution in [1.29, 1.82) is 0 Å². The monoisotopic (exact) mass is 395 g/mol. The van der Waals surface area contributed by atoms with Crippen molar-refractivity contribution in [3.05, 3.63) is 83.7 Å². The number of carbonyl (C=O) groups excluding carboxylic acids is 1. The molecule has 3 atom stereocenters. The fourth-order valence-corrected chi connectivity index (χ4v) is 4.25. The predicted octanol–water partition coefficient (Wildman–Crippen LogP) is 4.05. The maximum atomic E-state index is 13.5. The van der Waals surface area contributed by atoms with Crippen molar-refractivity contribution in [2.75, 3.05) is 19.8 Å². The number of hydrogen-bond acceptors (Lipinski definition) is 3. The Bertz CT molecular complexity index is 859. The zero-order valence-corrected chi connectivity index (χ0v) is 16.4. The van der Waals surface area contributed by atoms with E-state index in [-0.39, 0.29) is 23.9 Å². The minimum atomic E-state index is -0.466. The Morgan fingerprint density at radius 2 is 2.00 bits per heavy atom. The molecule has 1 unspecified atom stereocenters. The summed E-state index contributed by atoms with van der Waals surface area (Å²) in [6, 6.07) is 14.4. The van der Waals surface area contributed by atoms with Gasteiger partial charge in [-0.2, -0.15) is 0 Å². The van der Waals surface area contributed by atoms with Gasteiger partial charge >= 0.3 is 0 Å². The number of ether oxygens (including phenoxy) is 2. The summed E-state index contributed by atoms with van der Waals surface area (Å²) >= 11 is 0. The average molecular weight is 395 g/mol. The van der Waals surface area contributed by atoms with Gasteiger partial charge in [-0.3, -0.25) is 4.79 Å². The van der Waals surface area contributed by atoms with E-state index >= 15 is 0 Å². The van der Waals surface area contributed by atoms with Crippen molar-refractivity contribution in [3.8, 4) is 0 Å². The van der Waals surface area contributed by atoms with Crippen molar-refractivity contribution >= 4 is 5.91 Å². The Hall–Kier alpha value is -2.50. The second-order valence-electron chi connectivity index (χ2n) is 7.58. The van der Waals surface area contributed by atoms with E-state index < -0.39 is 6.10 Å². The first kappa shape index (κ1) is 19.8. The minimum absolute atomic E-state index is 0.00370. The van der Waals surface area contributed by atoms with Gasteiger partial charge in [0.15, 0.2) is 0 Å². The molecule has 152 valence electrons. The van der Waals surface area contributed by atoms with Crippen LogP contribution in [0.2, 0.25) is 0 Å². The summed E-state index contributed by atoms with van der Waals surface area (Å²) in [5, 5.41) is 0. The molecule has 5 heteroatoms. The van der Waals surface area contributed by atoms with E-state index in [4.69, 9.17) is 9.47 Å². The number of nitrogens with zero attached hydrogens (tertiary/aromatic N) is 1. The van der Waals surface area contributed by atoms with Crippen LogP contribution in [0.3, 0.4) is 0 Å². The second kappa shape index (κ2) is 8.89. The van der Waals surface area contributed by atoms with E-state index in [9.17, 15) is 9.18 Å². The Kier molecular flexibility index (Phi) is 6.07. The van der Waals surface area contributed by atoms with Crippen LogP contribution >= 0.6 is 0 Å². The number of benzene rings is 2.